The van der Waals surface area contributed by atoms with E-state index in [0.717, 1.165) is 13.2 Å². The van der Waals surface area contributed by atoms with E-state index in [1.54, 1.807) is 0 Å². The molecule has 92 valence electrons. The van der Waals surface area contributed by atoms with E-state index in [4.69, 9.17) is 9.84 Å². The Morgan fingerprint density at radius 1 is 1.65 bits per heavy atom. The Morgan fingerprint density at radius 3 is 2.59 bits per heavy atom. The van der Waals surface area contributed by atoms with E-state index in [-0.39, 0.29) is 17.7 Å². The fourth-order valence-electron chi connectivity index (χ4n) is 1.51. The molecule has 0 aliphatic carbocycles. The van der Waals surface area contributed by atoms with Gasteiger partial charge >= 0.3 is 11.7 Å². The number of nitro groups is 1. The molecule has 0 aliphatic rings. The molecule has 0 aromatic heterocycles. The van der Waals surface area contributed by atoms with Gasteiger partial charge in [-0.1, -0.05) is 6.92 Å². The van der Waals surface area contributed by atoms with E-state index in [0.29, 0.717) is 0 Å². The molecule has 1 aromatic carbocycles. The fraction of sp³-hybridized carbons (Fsp3) is 0.300. The van der Waals surface area contributed by atoms with Gasteiger partial charge in [0.2, 0.25) is 0 Å². The lowest BCUT2D eigenvalue weighted by Crippen LogP contribution is -2.08. The molecule has 1 rings (SSSR count). The SMILES string of the molecule is CCc1c(F)c(C(=O)O)cc(OC)c1[N+](=O)[O-]. The molecule has 0 unspecified atom stereocenters. The predicted molar refractivity (Wildman–Crippen MR) is 55.9 cm³/mol. The molecular formula is C10H10FNO5. The second kappa shape index (κ2) is 4.77. The summed E-state index contributed by atoms with van der Waals surface area (Å²) in [5.74, 6) is -2.84. The lowest BCUT2D eigenvalue weighted by atomic mass is 10.0. The summed E-state index contributed by atoms with van der Waals surface area (Å²) in [4.78, 5) is 20.8. The number of carboxylic acid groups (broad SMARTS) is 1. The Kier molecular flexibility index (Phi) is 3.62. The first kappa shape index (κ1) is 12.9. The molecule has 0 spiro atoms. The highest BCUT2D eigenvalue weighted by molar-refractivity contribution is 5.89. The topological polar surface area (TPSA) is 89.7 Å². The molecule has 0 amide bonds. The number of rotatable bonds is 4. The zero-order valence-electron chi connectivity index (χ0n) is 9.19. The normalized spacial score (nSPS) is 10.1. The molecule has 1 N–H and O–H groups in total. The van der Waals surface area contributed by atoms with Gasteiger partial charge in [-0.05, 0) is 6.42 Å². The van der Waals surface area contributed by atoms with Crippen LogP contribution in [0.3, 0.4) is 0 Å². The molecule has 0 radical (unpaired) electrons. The quantitative estimate of drug-likeness (QED) is 0.645. The van der Waals surface area contributed by atoms with Crippen molar-refractivity contribution in [2.45, 2.75) is 13.3 Å². The van der Waals surface area contributed by atoms with Crippen molar-refractivity contribution in [1.29, 1.82) is 0 Å². The average Bonchev–Trinajstić information content (AvgIpc) is 2.27. The van der Waals surface area contributed by atoms with Crippen molar-refractivity contribution < 1.29 is 24.0 Å². The minimum atomic E-state index is -1.50. The highest BCUT2D eigenvalue weighted by Crippen LogP contribution is 2.35. The van der Waals surface area contributed by atoms with E-state index >= 15 is 0 Å². The molecule has 0 saturated heterocycles. The van der Waals surface area contributed by atoms with Gasteiger partial charge in [0.05, 0.1) is 23.2 Å². The average molecular weight is 243 g/mol. The van der Waals surface area contributed by atoms with E-state index < -0.39 is 28.0 Å². The summed E-state index contributed by atoms with van der Waals surface area (Å²) in [6.07, 6.45) is -0.000370. The van der Waals surface area contributed by atoms with Crippen LogP contribution in [0.4, 0.5) is 10.1 Å². The van der Waals surface area contributed by atoms with Crippen molar-refractivity contribution in [2.24, 2.45) is 0 Å². The largest absolute Gasteiger partial charge is 0.490 e. The van der Waals surface area contributed by atoms with Crippen molar-refractivity contribution in [1.82, 2.24) is 0 Å². The third kappa shape index (κ3) is 2.17. The molecular weight excluding hydrogens is 233 g/mol. The summed E-state index contributed by atoms with van der Waals surface area (Å²) in [7, 11) is 1.16. The summed E-state index contributed by atoms with van der Waals surface area (Å²) in [5.41, 5.74) is -1.44. The summed E-state index contributed by atoms with van der Waals surface area (Å²) >= 11 is 0. The molecule has 17 heavy (non-hydrogen) atoms. The van der Waals surface area contributed by atoms with Crippen molar-refractivity contribution >= 4 is 11.7 Å². The number of carboxylic acids is 1. The maximum atomic E-state index is 13.7. The Morgan fingerprint density at radius 2 is 2.24 bits per heavy atom. The maximum absolute atomic E-state index is 13.7. The second-order valence-electron chi connectivity index (χ2n) is 3.18. The number of aromatic carboxylic acids is 1. The Bertz CT molecular complexity index is 486. The number of benzene rings is 1. The number of hydrogen-bond donors (Lipinski definition) is 1. The van der Waals surface area contributed by atoms with Crippen LogP contribution in [0.25, 0.3) is 0 Å². The van der Waals surface area contributed by atoms with Crippen molar-refractivity contribution in [2.75, 3.05) is 7.11 Å². The van der Waals surface area contributed by atoms with Gasteiger partial charge in [-0.3, -0.25) is 10.1 Å². The fourth-order valence-corrected chi connectivity index (χ4v) is 1.51. The van der Waals surface area contributed by atoms with Gasteiger partial charge in [0.25, 0.3) is 0 Å². The third-order valence-corrected chi connectivity index (χ3v) is 2.28. The van der Waals surface area contributed by atoms with Crippen LogP contribution in [0.2, 0.25) is 0 Å². The lowest BCUT2D eigenvalue weighted by molar-refractivity contribution is -0.386. The van der Waals surface area contributed by atoms with Gasteiger partial charge in [0, 0.05) is 6.07 Å². The minimum absolute atomic E-state index is 0.000370. The van der Waals surface area contributed by atoms with Crippen LogP contribution < -0.4 is 4.74 Å². The van der Waals surface area contributed by atoms with Crippen LogP contribution in [0.15, 0.2) is 6.07 Å². The van der Waals surface area contributed by atoms with Crippen LogP contribution in [0.1, 0.15) is 22.8 Å². The van der Waals surface area contributed by atoms with E-state index in [2.05, 4.69) is 0 Å². The van der Waals surface area contributed by atoms with Crippen molar-refractivity contribution in [3.63, 3.8) is 0 Å². The molecule has 0 atom stereocenters. The number of hydrogen-bond acceptors (Lipinski definition) is 4. The van der Waals surface area contributed by atoms with Gasteiger partial charge in [0.1, 0.15) is 5.82 Å². The number of carbonyl (C=O) groups is 1. The summed E-state index contributed by atoms with van der Waals surface area (Å²) in [6, 6.07) is 0.814. The maximum Gasteiger partial charge on any atom is 0.338 e. The smallest absolute Gasteiger partial charge is 0.338 e. The first-order valence-electron chi connectivity index (χ1n) is 4.71. The zero-order valence-corrected chi connectivity index (χ0v) is 9.19. The number of ether oxygens (including phenoxy) is 1. The van der Waals surface area contributed by atoms with E-state index in [1.807, 2.05) is 0 Å². The summed E-state index contributed by atoms with van der Waals surface area (Å²) in [5, 5.41) is 19.6. The van der Waals surface area contributed by atoms with Crippen molar-refractivity contribution in [3.8, 4) is 5.75 Å². The zero-order chi connectivity index (χ0) is 13.2. The van der Waals surface area contributed by atoms with E-state index in [9.17, 15) is 19.3 Å². The van der Waals surface area contributed by atoms with Gasteiger partial charge in [-0.2, -0.15) is 0 Å². The van der Waals surface area contributed by atoms with Crippen LogP contribution in [0.5, 0.6) is 5.75 Å². The molecule has 0 fully saturated rings. The number of halogens is 1. The molecule has 1 aromatic rings. The summed E-state index contributed by atoms with van der Waals surface area (Å²) in [6.45, 7) is 1.50. The van der Waals surface area contributed by atoms with Gasteiger partial charge in [-0.15, -0.1) is 0 Å². The standard InChI is InChI=1S/C10H10FNO5/c1-3-5-8(11)6(10(13)14)4-7(17-2)9(5)12(15)16/h4H,3H2,1-2H3,(H,13,14). The third-order valence-electron chi connectivity index (χ3n) is 2.28. The van der Waals surface area contributed by atoms with Crippen molar-refractivity contribution in [3.05, 3.63) is 33.1 Å². The Balaban J connectivity index is 3.67. The minimum Gasteiger partial charge on any atom is -0.490 e. The highest BCUT2D eigenvalue weighted by atomic mass is 19.1. The first-order valence-corrected chi connectivity index (χ1v) is 4.71. The molecule has 0 bridgehead atoms. The number of nitro benzene ring substituents is 1. The van der Waals surface area contributed by atoms with Crippen LogP contribution >= 0.6 is 0 Å². The second-order valence-corrected chi connectivity index (χ2v) is 3.18. The first-order chi connectivity index (χ1) is 7.93. The highest BCUT2D eigenvalue weighted by Gasteiger charge is 2.28. The van der Waals surface area contributed by atoms with Crippen LogP contribution in [-0.4, -0.2) is 23.1 Å². The lowest BCUT2D eigenvalue weighted by Gasteiger charge is -2.09. The molecule has 0 aliphatic heterocycles. The number of nitrogens with zero attached hydrogens (tertiary/aromatic N) is 1. The summed E-state index contributed by atoms with van der Waals surface area (Å²) < 4.78 is 18.4. The predicted octanol–water partition coefficient (Wildman–Crippen LogP) is 2.00. The number of methoxy groups -OCH3 is 1. The Hall–Kier alpha value is -2.18. The van der Waals surface area contributed by atoms with Gasteiger partial charge in [-0.25, -0.2) is 9.18 Å². The van der Waals surface area contributed by atoms with Gasteiger partial charge in [0.15, 0.2) is 5.75 Å². The molecule has 7 heteroatoms. The molecule has 6 nitrogen and oxygen atoms in total. The Labute approximate surface area is 95.8 Å². The van der Waals surface area contributed by atoms with Crippen LogP contribution in [-0.2, 0) is 6.42 Å². The van der Waals surface area contributed by atoms with E-state index in [1.165, 1.54) is 6.92 Å². The molecule has 0 heterocycles. The van der Waals surface area contributed by atoms with Crippen LogP contribution in [0, 0.1) is 15.9 Å². The molecule has 0 saturated carbocycles. The van der Waals surface area contributed by atoms with Gasteiger partial charge < -0.3 is 9.84 Å². The monoisotopic (exact) mass is 243 g/mol.